The first-order chi connectivity index (χ1) is 25.2. The topological polar surface area (TPSA) is 108 Å². The lowest BCUT2D eigenvalue weighted by Crippen LogP contribution is -2.39. The van der Waals surface area contributed by atoms with Crippen LogP contribution < -0.4 is 0 Å². The Morgan fingerprint density at radius 2 is 1.27 bits per heavy atom. The van der Waals surface area contributed by atoms with Gasteiger partial charge in [-0.05, 0) is 70.6 Å². The van der Waals surface area contributed by atoms with Crippen molar-refractivity contribution >= 4 is 5.97 Å². The van der Waals surface area contributed by atoms with E-state index in [2.05, 4.69) is 57.8 Å². The minimum atomic E-state index is -0.922. The van der Waals surface area contributed by atoms with Crippen LogP contribution in [0.3, 0.4) is 0 Å². The van der Waals surface area contributed by atoms with Crippen LogP contribution in [0.25, 0.3) is 28.2 Å². The van der Waals surface area contributed by atoms with Gasteiger partial charge in [0.05, 0.1) is 18.4 Å². The lowest BCUT2D eigenvalue weighted by Gasteiger charge is -2.36. The van der Waals surface area contributed by atoms with Crippen LogP contribution in [0.4, 0.5) is 0 Å². The lowest BCUT2D eigenvalue weighted by molar-refractivity contribution is 0.0570. The number of ether oxygens (including phenoxy) is 1. The molecule has 0 aliphatic carbocycles. The van der Waals surface area contributed by atoms with E-state index in [4.69, 9.17) is 9.95 Å². The highest BCUT2D eigenvalue weighted by Crippen LogP contribution is 2.43. The molecular weight excluding hydrogens is 649 g/mol. The summed E-state index contributed by atoms with van der Waals surface area (Å²) in [6, 6.07) is 47.0. The van der Waals surface area contributed by atoms with Crippen LogP contribution in [-0.4, -0.2) is 53.5 Å². The first-order valence-electron chi connectivity index (χ1n) is 17.3. The number of esters is 1. The van der Waals surface area contributed by atoms with Crippen LogP contribution in [0.2, 0.25) is 0 Å². The second-order valence-electron chi connectivity index (χ2n) is 13.6. The monoisotopic (exact) mass is 688 g/mol. The third-order valence-corrected chi connectivity index (χ3v) is 9.43. The van der Waals surface area contributed by atoms with Gasteiger partial charge in [-0.1, -0.05) is 134 Å². The first-order valence-corrected chi connectivity index (χ1v) is 17.3. The van der Waals surface area contributed by atoms with Crippen LogP contribution in [0, 0.1) is 0 Å². The molecular formula is C43H40N6O3. The Morgan fingerprint density at radius 3 is 1.79 bits per heavy atom. The zero-order chi connectivity index (χ0) is 36.3. The van der Waals surface area contributed by atoms with Crippen molar-refractivity contribution in [1.29, 1.82) is 0 Å². The van der Waals surface area contributed by atoms with E-state index in [0.29, 0.717) is 23.6 Å². The molecule has 52 heavy (non-hydrogen) atoms. The summed E-state index contributed by atoms with van der Waals surface area (Å²) in [5, 5.41) is 24.2. The van der Waals surface area contributed by atoms with Crippen LogP contribution in [0.15, 0.2) is 146 Å². The third-order valence-electron chi connectivity index (χ3n) is 9.43. The van der Waals surface area contributed by atoms with E-state index in [9.17, 15) is 9.90 Å². The molecule has 0 aliphatic rings. The number of nitrogens with zero attached hydrogens (tertiary/aromatic N) is 6. The lowest BCUT2D eigenvalue weighted by atomic mass is 9.77. The van der Waals surface area contributed by atoms with E-state index in [1.165, 1.54) is 7.11 Å². The Hall–Kier alpha value is -6.19. The molecule has 2 heterocycles. The molecule has 0 spiro atoms. The number of hydrogen-bond acceptors (Lipinski definition) is 7. The molecule has 2 aromatic heterocycles. The highest BCUT2D eigenvalue weighted by atomic mass is 16.5. The third kappa shape index (κ3) is 6.31. The average molecular weight is 689 g/mol. The fourth-order valence-corrected chi connectivity index (χ4v) is 7.28. The van der Waals surface area contributed by atoms with Crippen LogP contribution in [0.1, 0.15) is 66.0 Å². The first kappa shape index (κ1) is 34.3. The number of carbonyl (C=O) groups is 1. The van der Waals surface area contributed by atoms with Gasteiger partial charge >= 0.3 is 5.97 Å². The smallest absolute Gasteiger partial charge is 0.357 e. The van der Waals surface area contributed by atoms with Gasteiger partial charge in [-0.2, -0.15) is 0 Å². The summed E-state index contributed by atoms with van der Waals surface area (Å²) in [5.74, 6) is -0.0680. The van der Waals surface area contributed by atoms with Crippen molar-refractivity contribution in [2.75, 3.05) is 7.11 Å². The number of tetrazole rings is 1. The fourth-order valence-electron chi connectivity index (χ4n) is 7.28. The molecule has 0 radical (unpaired) electrons. The van der Waals surface area contributed by atoms with Gasteiger partial charge in [-0.3, -0.25) is 4.57 Å². The highest BCUT2D eigenvalue weighted by molar-refractivity contribution is 5.90. The number of aromatic nitrogens is 6. The molecule has 1 N–H and O–H groups in total. The average Bonchev–Trinajstić information content (AvgIpc) is 3.85. The predicted octanol–water partition coefficient (Wildman–Crippen LogP) is 8.08. The van der Waals surface area contributed by atoms with E-state index in [1.54, 1.807) is 24.7 Å². The summed E-state index contributed by atoms with van der Waals surface area (Å²) in [5.41, 5.74) is 5.62. The molecule has 0 saturated carbocycles. The predicted molar refractivity (Wildman–Crippen MR) is 201 cm³/mol. The standard InChI is InChI=1S/C43H40N6O3/c1-30(28-42(2,3)51)38-39(41(50)52-4)48(29-44-38)35-26-24-31(25-27-35)36-22-14-15-23-37(36)40-45-46-47-49(40)43(32-16-8-5-9-17-32,33-18-10-6-11-19-33)34-20-12-7-13-21-34/h5-27,29-30,51H,28H2,1-4H3. The van der Waals surface area contributed by atoms with E-state index < -0.39 is 17.1 Å². The maximum atomic E-state index is 13.1. The van der Waals surface area contributed by atoms with Gasteiger partial charge in [0.15, 0.2) is 11.5 Å². The summed E-state index contributed by atoms with van der Waals surface area (Å²) >= 11 is 0. The molecule has 0 aliphatic heterocycles. The van der Waals surface area contributed by atoms with Crippen molar-refractivity contribution < 1.29 is 14.6 Å². The van der Waals surface area contributed by atoms with E-state index >= 15 is 0 Å². The van der Waals surface area contributed by atoms with Gasteiger partial charge in [0.2, 0.25) is 0 Å². The number of rotatable bonds is 11. The molecule has 0 bridgehead atoms. The molecule has 0 saturated heterocycles. The van der Waals surface area contributed by atoms with Gasteiger partial charge < -0.3 is 9.84 Å². The number of hydrogen-bond donors (Lipinski definition) is 1. The number of carbonyl (C=O) groups excluding carboxylic acids is 1. The quantitative estimate of drug-likeness (QED) is 0.108. The Morgan fingerprint density at radius 1 is 0.750 bits per heavy atom. The molecule has 7 aromatic rings. The normalized spacial score (nSPS) is 12.4. The Labute approximate surface area is 303 Å². The minimum Gasteiger partial charge on any atom is -0.464 e. The molecule has 1 unspecified atom stereocenters. The zero-order valence-electron chi connectivity index (χ0n) is 29.6. The Balaban J connectivity index is 1.35. The van der Waals surface area contributed by atoms with Gasteiger partial charge in [0.1, 0.15) is 11.9 Å². The highest BCUT2D eigenvalue weighted by Gasteiger charge is 2.42. The van der Waals surface area contributed by atoms with E-state index in [-0.39, 0.29) is 5.92 Å². The van der Waals surface area contributed by atoms with Crippen molar-refractivity contribution in [3.05, 3.63) is 174 Å². The number of methoxy groups -OCH3 is 1. The second kappa shape index (κ2) is 14.2. The minimum absolute atomic E-state index is 0.178. The van der Waals surface area contributed by atoms with Crippen molar-refractivity contribution in [3.63, 3.8) is 0 Å². The summed E-state index contributed by atoms with van der Waals surface area (Å²) in [6.07, 6.45) is 2.07. The second-order valence-corrected chi connectivity index (χ2v) is 13.6. The summed E-state index contributed by atoms with van der Waals surface area (Å²) in [6.45, 7) is 5.45. The van der Waals surface area contributed by atoms with Crippen molar-refractivity contribution in [2.45, 2.75) is 44.2 Å². The Bertz CT molecular complexity index is 2180. The van der Waals surface area contributed by atoms with Crippen molar-refractivity contribution in [1.82, 2.24) is 29.8 Å². The molecule has 0 amide bonds. The van der Waals surface area contributed by atoms with E-state index in [1.807, 2.05) is 109 Å². The van der Waals surface area contributed by atoms with Crippen molar-refractivity contribution in [3.8, 4) is 28.2 Å². The summed E-state index contributed by atoms with van der Waals surface area (Å²) in [4.78, 5) is 17.7. The zero-order valence-corrected chi connectivity index (χ0v) is 29.6. The van der Waals surface area contributed by atoms with Crippen LogP contribution >= 0.6 is 0 Å². The van der Waals surface area contributed by atoms with Crippen molar-refractivity contribution in [2.24, 2.45) is 0 Å². The molecule has 7 rings (SSSR count). The summed E-state index contributed by atoms with van der Waals surface area (Å²) in [7, 11) is 1.36. The maximum Gasteiger partial charge on any atom is 0.357 e. The van der Waals surface area contributed by atoms with Gasteiger partial charge in [-0.25, -0.2) is 14.5 Å². The number of aliphatic hydroxyl groups is 1. The molecule has 9 nitrogen and oxygen atoms in total. The van der Waals surface area contributed by atoms with Crippen LogP contribution in [-0.2, 0) is 10.3 Å². The van der Waals surface area contributed by atoms with Crippen LogP contribution in [0.5, 0.6) is 0 Å². The molecule has 260 valence electrons. The fraction of sp³-hybridized carbons (Fsp3) is 0.186. The Kier molecular flexibility index (Phi) is 9.36. The number of benzene rings is 5. The maximum absolute atomic E-state index is 13.1. The van der Waals surface area contributed by atoms with Gasteiger partial charge in [-0.15, -0.1) is 5.10 Å². The SMILES string of the molecule is COC(=O)c1c(C(C)CC(C)(C)O)ncn1-c1ccc(-c2ccccc2-c2nnnn2C(c2ccccc2)(c2ccccc2)c2ccccc2)cc1. The van der Waals surface area contributed by atoms with Gasteiger partial charge in [0.25, 0.3) is 0 Å². The number of imidazole rings is 1. The largest absolute Gasteiger partial charge is 0.464 e. The molecule has 5 aromatic carbocycles. The molecule has 0 fully saturated rings. The molecule has 1 atom stereocenters. The van der Waals surface area contributed by atoms with Gasteiger partial charge in [0, 0.05) is 17.2 Å². The molecule has 9 heteroatoms. The summed E-state index contributed by atoms with van der Waals surface area (Å²) < 4.78 is 8.86. The van der Waals surface area contributed by atoms with E-state index in [0.717, 1.165) is 39.1 Å².